The molecule has 0 atom stereocenters. The second-order valence-electron chi connectivity index (χ2n) is 6.35. The van der Waals surface area contributed by atoms with Crippen LogP contribution in [-0.4, -0.2) is 37.9 Å². The fourth-order valence-electron chi connectivity index (χ4n) is 2.59. The predicted octanol–water partition coefficient (Wildman–Crippen LogP) is 3.80. The predicted molar refractivity (Wildman–Crippen MR) is 105 cm³/mol. The van der Waals surface area contributed by atoms with E-state index in [4.69, 9.17) is 14.3 Å². The van der Waals surface area contributed by atoms with Gasteiger partial charge in [0.25, 0.3) is 0 Å². The first kappa shape index (κ1) is 20.6. The van der Waals surface area contributed by atoms with E-state index in [-0.39, 0.29) is 12.1 Å². The number of amides is 2. The Kier molecular flexibility index (Phi) is 7.95. The smallest absolute Gasteiger partial charge is 0.341 e. The van der Waals surface area contributed by atoms with Crippen molar-refractivity contribution in [2.75, 3.05) is 20.8 Å². The highest BCUT2D eigenvalue weighted by molar-refractivity contribution is 5.73. The number of carbonyl (C=O) groups excluding carboxylic acids is 1. The highest BCUT2D eigenvalue weighted by atomic mass is 16.7. The van der Waals surface area contributed by atoms with Gasteiger partial charge in [-0.25, -0.2) is 9.86 Å². The Bertz CT molecular complexity index is 719. The molecule has 27 heavy (non-hydrogen) atoms. The third-order valence-corrected chi connectivity index (χ3v) is 4.02. The fourth-order valence-corrected chi connectivity index (χ4v) is 2.59. The van der Waals surface area contributed by atoms with Gasteiger partial charge in [-0.05, 0) is 43.5 Å². The number of hydrogen-bond acceptors (Lipinski definition) is 4. The summed E-state index contributed by atoms with van der Waals surface area (Å²) in [5.74, 6) is 1.36. The quantitative estimate of drug-likeness (QED) is 0.680. The van der Waals surface area contributed by atoms with Crippen molar-refractivity contribution in [3.8, 4) is 11.5 Å². The molecule has 0 spiro atoms. The number of hydrogen-bond donors (Lipinski definition) is 1. The van der Waals surface area contributed by atoms with Crippen LogP contribution in [0.1, 0.15) is 25.0 Å². The lowest BCUT2D eigenvalue weighted by molar-refractivity contribution is -0.147. The molecule has 146 valence electrons. The van der Waals surface area contributed by atoms with Gasteiger partial charge in [-0.15, -0.1) is 0 Å². The molecular formula is C21H28N2O4. The standard InChI is InChI=1S/C21H28N2O4/c1-16(2)23(27-15-18-8-6-5-7-9-18)21(24)22-13-12-17-10-11-19(25-3)20(14-17)26-4/h5-11,14,16H,12-13,15H2,1-4H3,(H,22,24). The molecule has 6 heteroatoms. The number of nitrogens with one attached hydrogen (secondary N) is 1. The summed E-state index contributed by atoms with van der Waals surface area (Å²) in [6.07, 6.45) is 0.677. The van der Waals surface area contributed by atoms with Crippen molar-refractivity contribution in [3.63, 3.8) is 0 Å². The summed E-state index contributed by atoms with van der Waals surface area (Å²) in [5.41, 5.74) is 2.07. The van der Waals surface area contributed by atoms with Gasteiger partial charge in [0.15, 0.2) is 11.5 Å². The summed E-state index contributed by atoms with van der Waals surface area (Å²) in [4.78, 5) is 18.2. The van der Waals surface area contributed by atoms with Crippen molar-refractivity contribution in [2.45, 2.75) is 32.9 Å². The van der Waals surface area contributed by atoms with Crippen molar-refractivity contribution in [1.82, 2.24) is 10.4 Å². The Morgan fingerprint density at radius 2 is 1.70 bits per heavy atom. The Morgan fingerprint density at radius 1 is 1.00 bits per heavy atom. The van der Waals surface area contributed by atoms with Crippen LogP contribution in [-0.2, 0) is 17.9 Å². The number of carbonyl (C=O) groups is 1. The second-order valence-corrected chi connectivity index (χ2v) is 6.35. The van der Waals surface area contributed by atoms with E-state index in [1.165, 1.54) is 5.06 Å². The first-order valence-corrected chi connectivity index (χ1v) is 9.00. The lowest BCUT2D eigenvalue weighted by Gasteiger charge is -2.26. The number of hydroxylamine groups is 2. The van der Waals surface area contributed by atoms with E-state index >= 15 is 0 Å². The molecule has 0 aromatic heterocycles. The van der Waals surface area contributed by atoms with Gasteiger partial charge in [-0.1, -0.05) is 36.4 Å². The maximum atomic E-state index is 12.5. The summed E-state index contributed by atoms with van der Waals surface area (Å²) < 4.78 is 10.5. The van der Waals surface area contributed by atoms with Gasteiger partial charge in [0, 0.05) is 6.54 Å². The molecule has 6 nitrogen and oxygen atoms in total. The van der Waals surface area contributed by atoms with Crippen LogP contribution in [0.4, 0.5) is 4.79 Å². The van der Waals surface area contributed by atoms with Crippen molar-refractivity contribution >= 4 is 6.03 Å². The zero-order valence-electron chi connectivity index (χ0n) is 16.4. The van der Waals surface area contributed by atoms with Gasteiger partial charge in [0.05, 0.1) is 20.3 Å². The van der Waals surface area contributed by atoms with E-state index in [1.807, 2.05) is 62.4 Å². The molecule has 0 unspecified atom stereocenters. The van der Waals surface area contributed by atoms with Gasteiger partial charge >= 0.3 is 6.03 Å². The van der Waals surface area contributed by atoms with E-state index < -0.39 is 0 Å². The number of urea groups is 1. The van der Waals surface area contributed by atoms with Crippen LogP contribution in [0.15, 0.2) is 48.5 Å². The minimum Gasteiger partial charge on any atom is -0.493 e. The molecule has 0 aliphatic rings. The first-order valence-electron chi connectivity index (χ1n) is 9.00. The maximum absolute atomic E-state index is 12.5. The highest BCUT2D eigenvalue weighted by Crippen LogP contribution is 2.27. The van der Waals surface area contributed by atoms with Crippen LogP contribution in [0.5, 0.6) is 11.5 Å². The minimum atomic E-state index is -0.249. The van der Waals surface area contributed by atoms with Crippen LogP contribution in [0.3, 0.4) is 0 Å². The first-order chi connectivity index (χ1) is 13.0. The van der Waals surface area contributed by atoms with Crippen LogP contribution in [0.25, 0.3) is 0 Å². The second kappa shape index (κ2) is 10.4. The molecule has 0 saturated heterocycles. The number of rotatable bonds is 9. The number of ether oxygens (including phenoxy) is 2. The maximum Gasteiger partial charge on any atom is 0.341 e. The molecule has 0 aliphatic carbocycles. The summed E-state index contributed by atoms with van der Waals surface area (Å²) in [7, 11) is 3.21. The lowest BCUT2D eigenvalue weighted by atomic mass is 10.1. The largest absolute Gasteiger partial charge is 0.493 e. The molecule has 2 aromatic carbocycles. The lowest BCUT2D eigenvalue weighted by Crippen LogP contribution is -2.44. The average Bonchev–Trinajstić information content (AvgIpc) is 2.68. The fraction of sp³-hybridized carbons (Fsp3) is 0.381. The zero-order valence-corrected chi connectivity index (χ0v) is 16.4. The van der Waals surface area contributed by atoms with Crippen LogP contribution in [0, 0.1) is 0 Å². The molecule has 1 N–H and O–H groups in total. The molecule has 2 aromatic rings. The van der Waals surface area contributed by atoms with E-state index in [2.05, 4.69) is 5.32 Å². The van der Waals surface area contributed by atoms with Crippen molar-refractivity contribution in [1.29, 1.82) is 0 Å². The molecule has 2 amide bonds. The zero-order chi connectivity index (χ0) is 19.6. The van der Waals surface area contributed by atoms with Crippen LogP contribution in [0.2, 0.25) is 0 Å². The van der Waals surface area contributed by atoms with E-state index in [0.29, 0.717) is 31.1 Å². The van der Waals surface area contributed by atoms with Gasteiger partial charge < -0.3 is 14.8 Å². The SMILES string of the molecule is COc1ccc(CCNC(=O)N(OCc2ccccc2)C(C)C)cc1OC. The Morgan fingerprint density at radius 3 is 2.33 bits per heavy atom. The summed E-state index contributed by atoms with van der Waals surface area (Å²) >= 11 is 0. The molecule has 0 saturated carbocycles. The van der Waals surface area contributed by atoms with Gasteiger partial charge in [0.1, 0.15) is 6.61 Å². The monoisotopic (exact) mass is 372 g/mol. The molecule has 0 radical (unpaired) electrons. The number of methoxy groups -OCH3 is 2. The van der Waals surface area contributed by atoms with Crippen molar-refractivity contribution in [3.05, 3.63) is 59.7 Å². The van der Waals surface area contributed by atoms with Crippen LogP contribution >= 0.6 is 0 Å². The van der Waals surface area contributed by atoms with Gasteiger partial charge in [-0.2, -0.15) is 0 Å². The van der Waals surface area contributed by atoms with Crippen molar-refractivity contribution in [2.24, 2.45) is 0 Å². The van der Waals surface area contributed by atoms with Gasteiger partial charge in [-0.3, -0.25) is 4.84 Å². The van der Waals surface area contributed by atoms with E-state index in [9.17, 15) is 4.79 Å². The Hall–Kier alpha value is -2.73. The van der Waals surface area contributed by atoms with Gasteiger partial charge in [0.2, 0.25) is 0 Å². The Labute approximate surface area is 161 Å². The topological polar surface area (TPSA) is 60.0 Å². The molecule has 2 rings (SSSR count). The molecule has 0 heterocycles. The number of nitrogens with zero attached hydrogens (tertiary/aromatic N) is 1. The normalized spacial score (nSPS) is 10.6. The Balaban J connectivity index is 1.86. The summed E-state index contributed by atoms with van der Waals surface area (Å²) in [6.45, 7) is 4.67. The van der Waals surface area contributed by atoms with E-state index in [0.717, 1.165) is 11.1 Å². The number of benzene rings is 2. The third kappa shape index (κ3) is 6.18. The summed E-state index contributed by atoms with van der Waals surface area (Å²) in [6, 6.07) is 15.2. The molecule has 0 fully saturated rings. The summed E-state index contributed by atoms with van der Waals surface area (Å²) in [5, 5.41) is 4.28. The third-order valence-electron chi connectivity index (χ3n) is 4.02. The van der Waals surface area contributed by atoms with Crippen molar-refractivity contribution < 1.29 is 19.1 Å². The van der Waals surface area contributed by atoms with E-state index in [1.54, 1.807) is 14.2 Å². The highest BCUT2D eigenvalue weighted by Gasteiger charge is 2.18. The molecule has 0 aliphatic heterocycles. The molecule has 0 bridgehead atoms. The average molecular weight is 372 g/mol. The van der Waals surface area contributed by atoms with Crippen LogP contribution < -0.4 is 14.8 Å². The molecular weight excluding hydrogens is 344 g/mol. The minimum absolute atomic E-state index is 0.0743.